The van der Waals surface area contributed by atoms with E-state index >= 15 is 0 Å². The fourth-order valence-electron chi connectivity index (χ4n) is 3.59. The number of rotatable bonds is 7. The summed E-state index contributed by atoms with van der Waals surface area (Å²) in [6.07, 6.45) is 4.72. The molecule has 0 spiro atoms. The Morgan fingerprint density at radius 1 is 1.29 bits per heavy atom. The van der Waals surface area contributed by atoms with Gasteiger partial charge in [0.1, 0.15) is 11.9 Å². The summed E-state index contributed by atoms with van der Waals surface area (Å²) < 4.78 is 17.3. The number of halogens is 1. The molecule has 0 radical (unpaired) electrons. The fraction of sp³-hybridized carbons (Fsp3) is 0.500. The average Bonchev–Trinajstić information content (AvgIpc) is 3.40. The van der Waals surface area contributed by atoms with Crippen LogP contribution in [0.1, 0.15) is 68.0 Å². The number of hydrogen-bond acceptors (Lipinski definition) is 5. The molecule has 1 aromatic carbocycles. The highest BCUT2D eigenvalue weighted by atomic mass is 32.1. The van der Waals surface area contributed by atoms with Gasteiger partial charge in [-0.3, -0.25) is 9.59 Å². The highest BCUT2D eigenvalue weighted by Crippen LogP contribution is 2.28. The van der Waals surface area contributed by atoms with Gasteiger partial charge in [0, 0.05) is 17.5 Å². The predicted octanol–water partition coefficient (Wildman–Crippen LogP) is 3.72. The molecule has 2 aromatic rings. The third-order valence-corrected chi connectivity index (χ3v) is 5.80. The Morgan fingerprint density at radius 2 is 1.96 bits per heavy atom. The van der Waals surface area contributed by atoms with Gasteiger partial charge in [0.25, 0.3) is 5.91 Å². The van der Waals surface area contributed by atoms with E-state index in [1.54, 1.807) is 22.4 Å². The molecular weight excluding hydrogens is 379 g/mol. The quantitative estimate of drug-likeness (QED) is 0.763. The molecule has 0 saturated heterocycles. The van der Waals surface area contributed by atoms with Crippen molar-refractivity contribution in [3.63, 3.8) is 0 Å². The largest absolute Gasteiger partial charge is 0.351 e. The SMILES string of the molecule is CC[C@@H](C)N(C(=O)c1csnn1)[C@H](C(=O)NC1CCCC1)c1ccc(F)cc1. The van der Waals surface area contributed by atoms with Crippen molar-refractivity contribution in [1.29, 1.82) is 0 Å². The van der Waals surface area contributed by atoms with E-state index in [2.05, 4.69) is 14.9 Å². The van der Waals surface area contributed by atoms with E-state index in [-0.39, 0.29) is 35.4 Å². The van der Waals surface area contributed by atoms with Crippen LogP contribution < -0.4 is 5.32 Å². The summed E-state index contributed by atoms with van der Waals surface area (Å²) in [4.78, 5) is 28.0. The molecule has 1 N–H and O–H groups in total. The van der Waals surface area contributed by atoms with E-state index < -0.39 is 6.04 Å². The van der Waals surface area contributed by atoms with Crippen LogP contribution in [0.25, 0.3) is 0 Å². The summed E-state index contributed by atoms with van der Waals surface area (Å²) in [7, 11) is 0. The molecule has 3 rings (SSSR count). The van der Waals surface area contributed by atoms with E-state index in [0.717, 1.165) is 37.2 Å². The Morgan fingerprint density at radius 3 is 2.54 bits per heavy atom. The molecule has 8 heteroatoms. The predicted molar refractivity (Wildman–Crippen MR) is 105 cm³/mol. The summed E-state index contributed by atoms with van der Waals surface area (Å²) in [5.74, 6) is -0.974. The Labute approximate surface area is 168 Å². The van der Waals surface area contributed by atoms with Crippen molar-refractivity contribution < 1.29 is 14.0 Å². The summed E-state index contributed by atoms with van der Waals surface area (Å²) in [5.41, 5.74) is 0.791. The topological polar surface area (TPSA) is 75.2 Å². The van der Waals surface area contributed by atoms with Gasteiger partial charge in [-0.2, -0.15) is 0 Å². The zero-order valence-corrected chi connectivity index (χ0v) is 16.9. The number of nitrogens with zero attached hydrogens (tertiary/aromatic N) is 3. The van der Waals surface area contributed by atoms with Crippen LogP contribution in [0.15, 0.2) is 29.6 Å². The molecule has 2 amide bonds. The molecular formula is C20H25FN4O2S. The third kappa shape index (κ3) is 4.55. The Hall–Kier alpha value is -2.35. The number of benzene rings is 1. The van der Waals surface area contributed by atoms with E-state index in [9.17, 15) is 14.0 Å². The molecule has 1 heterocycles. The molecule has 28 heavy (non-hydrogen) atoms. The van der Waals surface area contributed by atoms with Crippen molar-refractivity contribution >= 4 is 23.3 Å². The van der Waals surface area contributed by atoms with Gasteiger partial charge in [-0.25, -0.2) is 4.39 Å². The highest BCUT2D eigenvalue weighted by molar-refractivity contribution is 7.03. The maximum Gasteiger partial charge on any atom is 0.276 e. The van der Waals surface area contributed by atoms with Crippen LogP contribution in [0.4, 0.5) is 4.39 Å². The molecule has 1 aliphatic rings. The van der Waals surface area contributed by atoms with E-state index in [4.69, 9.17) is 0 Å². The highest BCUT2D eigenvalue weighted by Gasteiger charge is 2.36. The number of carbonyl (C=O) groups is 2. The molecule has 1 saturated carbocycles. The van der Waals surface area contributed by atoms with E-state index in [1.807, 2.05) is 13.8 Å². The van der Waals surface area contributed by atoms with Crippen molar-refractivity contribution in [1.82, 2.24) is 19.8 Å². The molecule has 1 fully saturated rings. The third-order valence-electron chi connectivity index (χ3n) is 5.29. The second-order valence-electron chi connectivity index (χ2n) is 7.20. The van der Waals surface area contributed by atoms with Crippen LogP contribution in [0, 0.1) is 5.82 Å². The monoisotopic (exact) mass is 404 g/mol. The molecule has 1 aliphatic carbocycles. The zero-order chi connectivity index (χ0) is 20.1. The lowest BCUT2D eigenvalue weighted by atomic mass is 10.00. The average molecular weight is 405 g/mol. The molecule has 1 aromatic heterocycles. The van der Waals surface area contributed by atoms with Gasteiger partial charge in [-0.05, 0) is 55.4 Å². The van der Waals surface area contributed by atoms with Crippen molar-refractivity contribution in [2.75, 3.05) is 0 Å². The molecule has 0 unspecified atom stereocenters. The van der Waals surface area contributed by atoms with Gasteiger partial charge < -0.3 is 10.2 Å². The summed E-state index contributed by atoms with van der Waals surface area (Å²) >= 11 is 1.09. The van der Waals surface area contributed by atoms with Crippen molar-refractivity contribution in [3.8, 4) is 0 Å². The van der Waals surface area contributed by atoms with Gasteiger partial charge in [-0.15, -0.1) is 5.10 Å². The molecule has 6 nitrogen and oxygen atoms in total. The summed E-state index contributed by atoms with van der Waals surface area (Å²) in [6, 6.07) is 4.81. The smallest absolute Gasteiger partial charge is 0.276 e. The number of carbonyl (C=O) groups excluding carboxylic acids is 2. The van der Waals surface area contributed by atoms with Crippen LogP contribution in [0.3, 0.4) is 0 Å². The van der Waals surface area contributed by atoms with Gasteiger partial charge in [0.15, 0.2) is 5.69 Å². The first-order valence-corrected chi connectivity index (χ1v) is 10.5. The first kappa shape index (κ1) is 20.4. The van der Waals surface area contributed by atoms with Crippen LogP contribution in [-0.4, -0.2) is 38.4 Å². The van der Waals surface area contributed by atoms with Crippen LogP contribution in [0.5, 0.6) is 0 Å². The van der Waals surface area contributed by atoms with Crippen molar-refractivity contribution in [2.24, 2.45) is 0 Å². The minimum Gasteiger partial charge on any atom is -0.351 e. The Kier molecular flexibility index (Phi) is 6.72. The maximum atomic E-state index is 13.5. The second kappa shape index (κ2) is 9.23. The van der Waals surface area contributed by atoms with Gasteiger partial charge >= 0.3 is 0 Å². The van der Waals surface area contributed by atoms with Gasteiger partial charge in [0.2, 0.25) is 5.91 Å². The fourth-order valence-corrected chi connectivity index (χ4v) is 4.02. The van der Waals surface area contributed by atoms with Gasteiger partial charge in [-0.1, -0.05) is 36.4 Å². The maximum absolute atomic E-state index is 13.5. The number of amides is 2. The van der Waals surface area contributed by atoms with E-state index in [0.29, 0.717) is 12.0 Å². The molecule has 150 valence electrons. The molecule has 2 atom stereocenters. The minimum absolute atomic E-state index is 0.116. The summed E-state index contributed by atoms with van der Waals surface area (Å²) in [5, 5.41) is 8.56. The van der Waals surface area contributed by atoms with Crippen LogP contribution in [-0.2, 0) is 4.79 Å². The first-order chi connectivity index (χ1) is 13.5. The first-order valence-electron chi connectivity index (χ1n) is 9.66. The molecule has 0 bridgehead atoms. The lowest BCUT2D eigenvalue weighted by Crippen LogP contribution is -2.49. The Balaban J connectivity index is 1.98. The van der Waals surface area contributed by atoms with Crippen LogP contribution in [0.2, 0.25) is 0 Å². The minimum atomic E-state index is -0.856. The molecule has 0 aliphatic heterocycles. The van der Waals surface area contributed by atoms with Crippen LogP contribution >= 0.6 is 11.5 Å². The lowest BCUT2D eigenvalue weighted by Gasteiger charge is -2.35. The standard InChI is InChI=1S/C20H25FN4O2S/c1-3-13(2)25(20(27)17-12-28-24-23-17)18(14-8-10-15(21)11-9-14)19(26)22-16-6-4-5-7-16/h8-13,16,18H,3-7H2,1-2H3,(H,22,26)/t13-,18+/m1/s1. The lowest BCUT2D eigenvalue weighted by molar-refractivity contribution is -0.127. The van der Waals surface area contributed by atoms with E-state index in [1.165, 1.54) is 12.1 Å². The second-order valence-corrected chi connectivity index (χ2v) is 7.81. The number of aromatic nitrogens is 2. The number of hydrogen-bond donors (Lipinski definition) is 1. The van der Waals surface area contributed by atoms with Crippen molar-refractivity contribution in [2.45, 2.75) is 64.1 Å². The van der Waals surface area contributed by atoms with Crippen molar-refractivity contribution in [3.05, 3.63) is 46.7 Å². The number of nitrogens with one attached hydrogen (secondary N) is 1. The summed E-state index contributed by atoms with van der Waals surface area (Å²) in [6.45, 7) is 3.86. The van der Waals surface area contributed by atoms with Gasteiger partial charge in [0.05, 0.1) is 0 Å². The Bertz CT molecular complexity index is 791. The zero-order valence-electron chi connectivity index (χ0n) is 16.1. The normalized spacial score (nSPS) is 16.5.